The van der Waals surface area contributed by atoms with Crippen LogP contribution < -0.4 is 5.32 Å². The second-order valence-corrected chi connectivity index (χ2v) is 5.38. The summed E-state index contributed by atoms with van der Waals surface area (Å²) >= 11 is 0. The third-order valence-corrected chi connectivity index (χ3v) is 4.01. The summed E-state index contributed by atoms with van der Waals surface area (Å²) < 4.78 is 32.4. The molecule has 0 radical (unpaired) electrons. The Labute approximate surface area is 119 Å². The highest BCUT2D eigenvalue weighted by Crippen LogP contribution is 2.35. The standard InChI is InChI=1S/C16H23F2NO/c1-3-8-19-16(12-7-9-20-15(12)4-2)11-5-6-13(17)14(18)10-11/h5-6,10,12,15-16,19H,3-4,7-9H2,1-2H3. The van der Waals surface area contributed by atoms with Crippen LogP contribution in [0.3, 0.4) is 0 Å². The highest BCUT2D eigenvalue weighted by atomic mass is 19.2. The summed E-state index contributed by atoms with van der Waals surface area (Å²) in [6, 6.07) is 4.23. The van der Waals surface area contributed by atoms with Gasteiger partial charge >= 0.3 is 0 Å². The molecule has 0 aromatic heterocycles. The molecule has 3 unspecified atom stereocenters. The van der Waals surface area contributed by atoms with E-state index in [-0.39, 0.29) is 12.1 Å². The van der Waals surface area contributed by atoms with Crippen molar-refractivity contribution in [2.45, 2.75) is 45.3 Å². The van der Waals surface area contributed by atoms with Crippen LogP contribution in [0.25, 0.3) is 0 Å². The molecule has 2 nitrogen and oxygen atoms in total. The topological polar surface area (TPSA) is 21.3 Å². The van der Waals surface area contributed by atoms with Gasteiger partial charge in [0.05, 0.1) is 6.10 Å². The van der Waals surface area contributed by atoms with Crippen molar-refractivity contribution >= 4 is 0 Å². The van der Waals surface area contributed by atoms with Gasteiger partial charge in [-0.15, -0.1) is 0 Å². The van der Waals surface area contributed by atoms with E-state index in [0.29, 0.717) is 5.92 Å². The summed E-state index contributed by atoms with van der Waals surface area (Å²) in [7, 11) is 0. The SMILES string of the molecule is CCCNC(c1ccc(F)c(F)c1)C1CCOC1CC. The number of hydrogen-bond acceptors (Lipinski definition) is 2. The smallest absolute Gasteiger partial charge is 0.159 e. The van der Waals surface area contributed by atoms with Gasteiger partial charge in [-0.05, 0) is 43.5 Å². The zero-order valence-electron chi connectivity index (χ0n) is 12.2. The number of halogens is 2. The highest BCUT2D eigenvalue weighted by Gasteiger charge is 2.34. The van der Waals surface area contributed by atoms with E-state index in [1.54, 1.807) is 6.07 Å². The van der Waals surface area contributed by atoms with E-state index in [1.807, 2.05) is 0 Å². The first-order valence-corrected chi connectivity index (χ1v) is 7.47. The van der Waals surface area contributed by atoms with Crippen molar-refractivity contribution in [1.29, 1.82) is 0 Å². The van der Waals surface area contributed by atoms with Crippen LogP contribution >= 0.6 is 0 Å². The molecule has 0 spiro atoms. The molecule has 1 fully saturated rings. The molecule has 2 rings (SSSR count). The summed E-state index contributed by atoms with van der Waals surface area (Å²) in [6.45, 7) is 5.80. The Morgan fingerprint density at radius 1 is 1.30 bits per heavy atom. The lowest BCUT2D eigenvalue weighted by molar-refractivity contribution is 0.0773. The van der Waals surface area contributed by atoms with Crippen molar-refractivity contribution in [3.8, 4) is 0 Å². The lowest BCUT2D eigenvalue weighted by Crippen LogP contribution is -2.33. The minimum atomic E-state index is -0.794. The molecule has 112 valence electrons. The largest absolute Gasteiger partial charge is 0.378 e. The predicted octanol–water partition coefficient (Wildman–Crippen LogP) is 3.82. The Bertz CT molecular complexity index is 438. The molecule has 0 aliphatic carbocycles. The Balaban J connectivity index is 2.23. The average molecular weight is 283 g/mol. The van der Waals surface area contributed by atoms with Gasteiger partial charge in [-0.1, -0.05) is 19.9 Å². The molecular formula is C16H23F2NO. The number of benzene rings is 1. The molecule has 1 aromatic rings. The molecule has 20 heavy (non-hydrogen) atoms. The zero-order valence-corrected chi connectivity index (χ0v) is 12.2. The van der Waals surface area contributed by atoms with Gasteiger partial charge in [0.15, 0.2) is 11.6 Å². The van der Waals surface area contributed by atoms with E-state index in [1.165, 1.54) is 12.1 Å². The second kappa shape index (κ2) is 7.14. The van der Waals surface area contributed by atoms with E-state index in [2.05, 4.69) is 19.2 Å². The van der Waals surface area contributed by atoms with Crippen LogP contribution in [0, 0.1) is 17.6 Å². The normalized spacial score (nSPS) is 24.0. The molecule has 0 saturated carbocycles. The maximum Gasteiger partial charge on any atom is 0.159 e. The predicted molar refractivity (Wildman–Crippen MR) is 75.5 cm³/mol. The number of ether oxygens (including phenoxy) is 1. The molecule has 0 amide bonds. The van der Waals surface area contributed by atoms with Crippen LogP contribution in [-0.4, -0.2) is 19.3 Å². The molecule has 0 bridgehead atoms. The number of nitrogens with one attached hydrogen (secondary N) is 1. The lowest BCUT2D eigenvalue weighted by Gasteiger charge is -2.28. The van der Waals surface area contributed by atoms with Crippen molar-refractivity contribution in [3.05, 3.63) is 35.4 Å². The van der Waals surface area contributed by atoms with Crippen molar-refractivity contribution in [1.82, 2.24) is 5.32 Å². The first-order valence-electron chi connectivity index (χ1n) is 7.47. The quantitative estimate of drug-likeness (QED) is 0.857. The fourth-order valence-corrected chi connectivity index (χ4v) is 2.99. The molecule has 1 heterocycles. The lowest BCUT2D eigenvalue weighted by atomic mass is 9.86. The van der Waals surface area contributed by atoms with Crippen LogP contribution in [0.15, 0.2) is 18.2 Å². The summed E-state index contributed by atoms with van der Waals surface area (Å²) in [5, 5.41) is 3.47. The second-order valence-electron chi connectivity index (χ2n) is 5.38. The fraction of sp³-hybridized carbons (Fsp3) is 0.625. The van der Waals surface area contributed by atoms with Crippen LogP contribution in [0.2, 0.25) is 0 Å². The van der Waals surface area contributed by atoms with Crippen molar-refractivity contribution < 1.29 is 13.5 Å². The summed E-state index contributed by atoms with van der Waals surface area (Å²) in [6.07, 6.45) is 3.10. The Morgan fingerprint density at radius 2 is 2.10 bits per heavy atom. The van der Waals surface area contributed by atoms with Crippen molar-refractivity contribution in [3.63, 3.8) is 0 Å². The molecule has 1 aliphatic rings. The minimum absolute atomic E-state index is 0.0255. The third-order valence-electron chi connectivity index (χ3n) is 4.01. The van der Waals surface area contributed by atoms with Crippen molar-refractivity contribution in [2.24, 2.45) is 5.92 Å². The van der Waals surface area contributed by atoms with Crippen molar-refractivity contribution in [2.75, 3.05) is 13.2 Å². The number of hydrogen-bond donors (Lipinski definition) is 1. The van der Waals surface area contributed by atoms with Gasteiger partial charge < -0.3 is 10.1 Å². The molecule has 3 atom stereocenters. The average Bonchev–Trinajstić information content (AvgIpc) is 2.91. The summed E-state index contributed by atoms with van der Waals surface area (Å²) in [4.78, 5) is 0. The van der Waals surface area contributed by atoms with Gasteiger partial charge in [0.25, 0.3) is 0 Å². The summed E-state index contributed by atoms with van der Waals surface area (Å²) in [5.74, 6) is -1.26. The Hall–Kier alpha value is -1.00. The van der Waals surface area contributed by atoms with E-state index in [4.69, 9.17) is 4.74 Å². The zero-order chi connectivity index (χ0) is 14.5. The molecule has 1 aliphatic heterocycles. The summed E-state index contributed by atoms with van der Waals surface area (Å²) in [5.41, 5.74) is 0.811. The third kappa shape index (κ3) is 3.36. The highest BCUT2D eigenvalue weighted by molar-refractivity contribution is 5.22. The molecule has 1 saturated heterocycles. The van der Waals surface area contributed by atoms with Crippen LogP contribution in [0.4, 0.5) is 8.78 Å². The molecule has 1 aromatic carbocycles. The first kappa shape index (κ1) is 15.4. The van der Waals surface area contributed by atoms with Gasteiger partial charge in [0.2, 0.25) is 0 Å². The van der Waals surface area contributed by atoms with Gasteiger partial charge in [-0.2, -0.15) is 0 Å². The maximum atomic E-state index is 13.5. The first-order chi connectivity index (χ1) is 9.67. The van der Waals surface area contributed by atoms with Crippen LogP contribution in [-0.2, 0) is 4.74 Å². The maximum absolute atomic E-state index is 13.5. The fourth-order valence-electron chi connectivity index (χ4n) is 2.99. The van der Waals surface area contributed by atoms with Gasteiger partial charge in [0.1, 0.15) is 0 Å². The Morgan fingerprint density at radius 3 is 2.75 bits per heavy atom. The van der Waals surface area contributed by atoms with Gasteiger partial charge in [-0.3, -0.25) is 0 Å². The van der Waals surface area contributed by atoms with E-state index < -0.39 is 11.6 Å². The van der Waals surface area contributed by atoms with E-state index >= 15 is 0 Å². The molecular weight excluding hydrogens is 260 g/mol. The molecule has 1 N–H and O–H groups in total. The number of rotatable bonds is 6. The Kier molecular flexibility index (Phi) is 5.49. The monoisotopic (exact) mass is 283 g/mol. The minimum Gasteiger partial charge on any atom is -0.378 e. The molecule has 4 heteroatoms. The van der Waals surface area contributed by atoms with Crippen LogP contribution in [0.5, 0.6) is 0 Å². The van der Waals surface area contributed by atoms with E-state index in [9.17, 15) is 8.78 Å². The van der Waals surface area contributed by atoms with Gasteiger partial charge in [-0.25, -0.2) is 8.78 Å². The van der Waals surface area contributed by atoms with E-state index in [0.717, 1.165) is 38.0 Å². The van der Waals surface area contributed by atoms with Crippen LogP contribution in [0.1, 0.15) is 44.7 Å². The van der Waals surface area contributed by atoms with Gasteiger partial charge in [0, 0.05) is 18.6 Å².